The largest absolute Gasteiger partial charge is 0.320 e. The van der Waals surface area contributed by atoms with Gasteiger partial charge in [-0.25, -0.2) is 0 Å². The van der Waals surface area contributed by atoms with E-state index >= 15 is 0 Å². The van der Waals surface area contributed by atoms with Crippen LogP contribution in [0, 0.1) is 0 Å². The van der Waals surface area contributed by atoms with E-state index in [1.54, 1.807) is 22.7 Å². The first-order chi connectivity index (χ1) is 7.86. The minimum atomic E-state index is -0.0603. The van der Waals surface area contributed by atoms with Gasteiger partial charge in [0.1, 0.15) is 0 Å². The molecule has 0 saturated carbocycles. The van der Waals surface area contributed by atoms with Crippen LogP contribution in [0.15, 0.2) is 41.4 Å². The van der Waals surface area contributed by atoms with Crippen LogP contribution in [0.3, 0.4) is 0 Å². The van der Waals surface area contributed by atoms with Crippen LogP contribution >= 0.6 is 22.7 Å². The zero-order valence-electron chi connectivity index (χ0n) is 8.46. The fourth-order valence-electron chi connectivity index (χ4n) is 1.79. The van der Waals surface area contributed by atoms with E-state index in [4.69, 9.17) is 5.73 Å². The number of thiophene rings is 1. The molecule has 0 fully saturated rings. The van der Waals surface area contributed by atoms with Gasteiger partial charge < -0.3 is 5.73 Å². The topological polar surface area (TPSA) is 38.9 Å². The van der Waals surface area contributed by atoms with Gasteiger partial charge in [0.2, 0.25) is 0 Å². The Bertz CT molecular complexity index is 598. The van der Waals surface area contributed by atoms with Crippen molar-refractivity contribution < 1.29 is 0 Å². The molecule has 1 atom stereocenters. The third-order valence-corrected chi connectivity index (χ3v) is 4.44. The Kier molecular flexibility index (Phi) is 2.47. The van der Waals surface area contributed by atoms with Gasteiger partial charge in [-0.2, -0.15) is 0 Å². The number of hydrogen-bond acceptors (Lipinski definition) is 4. The van der Waals surface area contributed by atoms with E-state index in [0.717, 1.165) is 4.88 Å². The summed E-state index contributed by atoms with van der Waals surface area (Å²) in [7, 11) is 0. The van der Waals surface area contributed by atoms with Gasteiger partial charge in [0.05, 0.1) is 11.6 Å². The van der Waals surface area contributed by atoms with Crippen molar-refractivity contribution in [1.29, 1.82) is 0 Å². The molecule has 0 saturated heterocycles. The van der Waals surface area contributed by atoms with Crippen molar-refractivity contribution in [3.8, 4) is 0 Å². The second kappa shape index (κ2) is 3.97. The fraction of sp³-hybridized carbons (Fsp3) is 0.0833. The lowest BCUT2D eigenvalue weighted by Crippen LogP contribution is -2.10. The molecule has 1 aromatic carbocycles. The second-order valence-electron chi connectivity index (χ2n) is 3.57. The summed E-state index contributed by atoms with van der Waals surface area (Å²) >= 11 is 3.35. The van der Waals surface area contributed by atoms with Crippen molar-refractivity contribution in [3.05, 3.63) is 51.8 Å². The number of aromatic nitrogens is 1. The zero-order valence-corrected chi connectivity index (χ0v) is 10.1. The van der Waals surface area contributed by atoms with Gasteiger partial charge in [0.25, 0.3) is 0 Å². The van der Waals surface area contributed by atoms with E-state index < -0.39 is 0 Å². The van der Waals surface area contributed by atoms with Crippen molar-refractivity contribution in [3.63, 3.8) is 0 Å². The monoisotopic (exact) mass is 246 g/mol. The number of thiazole rings is 1. The maximum Gasteiger partial charge on any atom is 0.0794 e. The quantitative estimate of drug-likeness (QED) is 0.752. The van der Waals surface area contributed by atoms with E-state index in [1.165, 1.54) is 15.6 Å². The highest BCUT2D eigenvalue weighted by molar-refractivity contribution is 7.17. The van der Waals surface area contributed by atoms with Crippen LogP contribution in [0.2, 0.25) is 0 Å². The summed E-state index contributed by atoms with van der Waals surface area (Å²) < 4.78 is 1.28. The Balaban J connectivity index is 2.15. The average Bonchev–Trinajstić information content (AvgIpc) is 2.98. The molecule has 0 aliphatic heterocycles. The van der Waals surface area contributed by atoms with Gasteiger partial charge in [-0.05, 0) is 22.4 Å². The van der Waals surface area contributed by atoms with Gasteiger partial charge in [0.15, 0.2) is 0 Å². The molecule has 0 radical (unpaired) electrons. The predicted octanol–water partition coefficient (Wildman–Crippen LogP) is 3.41. The van der Waals surface area contributed by atoms with Gasteiger partial charge in [-0.15, -0.1) is 22.7 Å². The normalized spacial score (nSPS) is 13.1. The maximum atomic E-state index is 6.26. The van der Waals surface area contributed by atoms with Crippen molar-refractivity contribution >= 4 is 32.8 Å². The Labute approximate surface area is 101 Å². The summed E-state index contributed by atoms with van der Waals surface area (Å²) in [6.45, 7) is 0. The summed E-state index contributed by atoms with van der Waals surface area (Å²) in [5, 5.41) is 3.37. The summed E-state index contributed by atoms with van der Waals surface area (Å²) in [5.41, 5.74) is 9.28. The number of benzene rings is 1. The molecule has 0 aliphatic carbocycles. The van der Waals surface area contributed by atoms with Crippen molar-refractivity contribution in [1.82, 2.24) is 4.98 Å². The molecule has 1 unspecified atom stereocenters. The van der Waals surface area contributed by atoms with Crippen molar-refractivity contribution in [2.45, 2.75) is 6.04 Å². The highest BCUT2D eigenvalue weighted by Gasteiger charge is 2.13. The molecule has 2 nitrogen and oxygen atoms in total. The van der Waals surface area contributed by atoms with Crippen LogP contribution in [0.25, 0.3) is 10.1 Å². The molecule has 3 aromatic rings. The molecule has 80 valence electrons. The summed E-state index contributed by atoms with van der Waals surface area (Å²) in [5.74, 6) is 0. The first-order valence-corrected chi connectivity index (χ1v) is 6.72. The van der Waals surface area contributed by atoms with Gasteiger partial charge in [0, 0.05) is 15.8 Å². The molecule has 0 aliphatic rings. The second-order valence-corrected chi connectivity index (χ2v) is 5.40. The molecule has 4 heteroatoms. The van der Waals surface area contributed by atoms with Crippen molar-refractivity contribution in [2.24, 2.45) is 5.73 Å². The molecule has 2 heterocycles. The van der Waals surface area contributed by atoms with Crippen LogP contribution in [-0.2, 0) is 0 Å². The number of nitrogens with two attached hydrogens (primary N) is 1. The highest BCUT2D eigenvalue weighted by atomic mass is 32.1. The van der Waals surface area contributed by atoms with Crippen LogP contribution < -0.4 is 5.73 Å². The molecule has 2 N–H and O–H groups in total. The Morgan fingerprint density at radius 1 is 1.19 bits per heavy atom. The van der Waals surface area contributed by atoms with Gasteiger partial charge in [-0.1, -0.05) is 18.2 Å². The lowest BCUT2D eigenvalue weighted by molar-refractivity contribution is 0.901. The van der Waals surface area contributed by atoms with Crippen LogP contribution in [0.5, 0.6) is 0 Å². The highest BCUT2D eigenvalue weighted by Crippen LogP contribution is 2.31. The smallest absolute Gasteiger partial charge is 0.0794 e. The van der Waals surface area contributed by atoms with E-state index in [0.29, 0.717) is 0 Å². The molecule has 3 rings (SSSR count). The van der Waals surface area contributed by atoms with Crippen LogP contribution in [0.1, 0.15) is 16.5 Å². The third-order valence-electron chi connectivity index (χ3n) is 2.60. The predicted molar refractivity (Wildman–Crippen MR) is 70.0 cm³/mol. The summed E-state index contributed by atoms with van der Waals surface area (Å²) in [6, 6.07) is 8.35. The molecular weight excluding hydrogens is 236 g/mol. The number of fused-ring (bicyclic) bond motifs is 1. The fourth-order valence-corrected chi connectivity index (χ4v) is 3.39. The number of rotatable bonds is 2. The zero-order chi connectivity index (χ0) is 11.0. The molecule has 2 aromatic heterocycles. The molecule has 0 amide bonds. The Morgan fingerprint density at radius 2 is 2.12 bits per heavy atom. The SMILES string of the molecule is NC(c1cncs1)c1cccc2ccsc12. The van der Waals surface area contributed by atoms with Crippen LogP contribution in [0.4, 0.5) is 0 Å². The molecule has 16 heavy (non-hydrogen) atoms. The number of hydrogen-bond donors (Lipinski definition) is 1. The minimum absolute atomic E-state index is 0.0603. The van der Waals surface area contributed by atoms with E-state index in [-0.39, 0.29) is 6.04 Å². The van der Waals surface area contributed by atoms with E-state index in [9.17, 15) is 0 Å². The van der Waals surface area contributed by atoms with E-state index in [2.05, 4.69) is 34.6 Å². The summed E-state index contributed by atoms with van der Waals surface area (Å²) in [6.07, 6.45) is 1.85. The lowest BCUT2D eigenvalue weighted by Gasteiger charge is -2.10. The van der Waals surface area contributed by atoms with E-state index in [1.807, 2.05) is 11.7 Å². The lowest BCUT2D eigenvalue weighted by atomic mass is 10.1. The Morgan fingerprint density at radius 3 is 2.94 bits per heavy atom. The first kappa shape index (κ1) is 9.96. The Hall–Kier alpha value is -1.23. The van der Waals surface area contributed by atoms with Crippen molar-refractivity contribution in [2.75, 3.05) is 0 Å². The number of nitrogens with zero attached hydrogens (tertiary/aromatic N) is 1. The maximum absolute atomic E-state index is 6.26. The first-order valence-electron chi connectivity index (χ1n) is 4.96. The molecule has 0 bridgehead atoms. The third kappa shape index (κ3) is 1.55. The molecular formula is C12H10N2S2. The summed E-state index contributed by atoms with van der Waals surface area (Å²) in [4.78, 5) is 5.19. The van der Waals surface area contributed by atoms with Crippen LogP contribution in [-0.4, -0.2) is 4.98 Å². The molecule has 0 spiro atoms. The van der Waals surface area contributed by atoms with Gasteiger partial charge in [-0.3, -0.25) is 4.98 Å². The van der Waals surface area contributed by atoms with Gasteiger partial charge >= 0.3 is 0 Å². The average molecular weight is 246 g/mol. The minimum Gasteiger partial charge on any atom is -0.320 e. The standard InChI is InChI=1S/C12H10N2S2/c13-11(10-6-14-7-16-10)9-3-1-2-8-4-5-15-12(8)9/h1-7,11H,13H2.